The maximum absolute atomic E-state index is 12.0. The summed E-state index contributed by atoms with van der Waals surface area (Å²) < 4.78 is 1.82. The number of nitro benzene ring substituents is 1. The number of piperazine rings is 1. The fourth-order valence-electron chi connectivity index (χ4n) is 3.73. The number of benzene rings is 2. The van der Waals surface area contributed by atoms with E-state index in [4.69, 9.17) is 11.6 Å². The summed E-state index contributed by atoms with van der Waals surface area (Å²) in [6.45, 7) is 1.33. The van der Waals surface area contributed by atoms with E-state index in [9.17, 15) is 14.9 Å². The van der Waals surface area contributed by atoms with Gasteiger partial charge in [0.05, 0.1) is 22.8 Å². The Balaban J connectivity index is 2.09. The molecule has 1 aliphatic rings. The first-order valence-corrected chi connectivity index (χ1v) is 8.88. The summed E-state index contributed by atoms with van der Waals surface area (Å²) >= 11 is 6.20. The highest BCUT2D eigenvalue weighted by molar-refractivity contribution is 6.32. The van der Waals surface area contributed by atoms with E-state index in [0.29, 0.717) is 29.0 Å². The van der Waals surface area contributed by atoms with Crippen LogP contribution < -0.4 is 10.2 Å². The van der Waals surface area contributed by atoms with Crippen molar-refractivity contribution in [3.8, 4) is 11.3 Å². The van der Waals surface area contributed by atoms with Crippen LogP contribution in [0.15, 0.2) is 42.5 Å². The Morgan fingerprint density at radius 2 is 1.96 bits per heavy atom. The Morgan fingerprint density at radius 1 is 1.22 bits per heavy atom. The SMILES string of the molecule is Cn1c(-c2ccccc2)c(N2CCNC(=O)C2)c2cc(Cl)cc([N+](=O)[O-])c21. The summed E-state index contributed by atoms with van der Waals surface area (Å²) in [6.07, 6.45) is 0. The lowest BCUT2D eigenvalue weighted by Gasteiger charge is -2.29. The van der Waals surface area contributed by atoms with Gasteiger partial charge in [0, 0.05) is 42.2 Å². The maximum atomic E-state index is 12.0. The van der Waals surface area contributed by atoms with Crippen molar-refractivity contribution < 1.29 is 9.72 Å². The van der Waals surface area contributed by atoms with E-state index in [-0.39, 0.29) is 18.1 Å². The molecule has 0 atom stereocenters. The normalized spacial score (nSPS) is 14.4. The number of halogens is 1. The molecule has 1 aromatic heterocycles. The third kappa shape index (κ3) is 2.90. The van der Waals surface area contributed by atoms with Crippen LogP contribution in [0.5, 0.6) is 0 Å². The lowest BCUT2D eigenvalue weighted by molar-refractivity contribution is -0.383. The van der Waals surface area contributed by atoms with Gasteiger partial charge in [0.15, 0.2) is 0 Å². The standard InChI is InChI=1S/C19H17ClN4O3/c1-22-17(12-5-3-2-4-6-12)19(23-8-7-21-16(25)11-23)14-9-13(20)10-15(18(14)22)24(26)27/h2-6,9-10H,7-8,11H2,1H3,(H,21,25). The highest BCUT2D eigenvalue weighted by atomic mass is 35.5. The summed E-state index contributed by atoms with van der Waals surface area (Å²) in [4.78, 5) is 25.2. The average Bonchev–Trinajstić information content (AvgIpc) is 2.94. The van der Waals surface area contributed by atoms with Crippen LogP contribution in [0.2, 0.25) is 5.02 Å². The third-order valence-electron chi connectivity index (χ3n) is 4.80. The molecule has 1 N–H and O–H groups in total. The summed E-state index contributed by atoms with van der Waals surface area (Å²) in [6, 6.07) is 12.8. The molecule has 4 rings (SSSR count). The molecule has 138 valence electrons. The van der Waals surface area contributed by atoms with Gasteiger partial charge in [-0.1, -0.05) is 41.9 Å². The molecule has 3 aromatic rings. The van der Waals surface area contributed by atoms with Crippen molar-refractivity contribution in [3.05, 3.63) is 57.6 Å². The number of anilines is 1. The van der Waals surface area contributed by atoms with E-state index in [1.54, 1.807) is 13.1 Å². The monoisotopic (exact) mass is 384 g/mol. The largest absolute Gasteiger partial charge is 0.358 e. The molecule has 0 spiro atoms. The van der Waals surface area contributed by atoms with Gasteiger partial charge in [-0.2, -0.15) is 0 Å². The Morgan fingerprint density at radius 3 is 2.63 bits per heavy atom. The molecule has 8 heteroatoms. The molecule has 0 aliphatic carbocycles. The van der Waals surface area contributed by atoms with Gasteiger partial charge < -0.3 is 14.8 Å². The number of hydrogen-bond donors (Lipinski definition) is 1. The number of aryl methyl sites for hydroxylation is 1. The molecule has 27 heavy (non-hydrogen) atoms. The van der Waals surface area contributed by atoms with E-state index in [0.717, 1.165) is 16.9 Å². The van der Waals surface area contributed by atoms with E-state index in [1.165, 1.54) is 6.07 Å². The summed E-state index contributed by atoms with van der Waals surface area (Å²) in [5.41, 5.74) is 2.97. The van der Waals surface area contributed by atoms with Crippen LogP contribution in [0.4, 0.5) is 11.4 Å². The van der Waals surface area contributed by atoms with Gasteiger partial charge in [-0.05, 0) is 6.07 Å². The maximum Gasteiger partial charge on any atom is 0.295 e. The van der Waals surface area contributed by atoms with Crippen LogP contribution in [0.1, 0.15) is 0 Å². The molecule has 2 heterocycles. The van der Waals surface area contributed by atoms with Crippen molar-refractivity contribution in [2.75, 3.05) is 24.5 Å². The van der Waals surface area contributed by atoms with E-state index in [2.05, 4.69) is 5.32 Å². The number of non-ortho nitro benzene ring substituents is 1. The molecular weight excluding hydrogens is 368 g/mol. The lowest BCUT2D eigenvalue weighted by Crippen LogP contribution is -2.47. The first-order chi connectivity index (χ1) is 13.0. The van der Waals surface area contributed by atoms with Crippen molar-refractivity contribution in [1.82, 2.24) is 9.88 Å². The zero-order chi connectivity index (χ0) is 19.1. The number of nitrogens with one attached hydrogen (secondary N) is 1. The molecule has 0 radical (unpaired) electrons. The minimum Gasteiger partial charge on any atom is -0.358 e. The van der Waals surface area contributed by atoms with Gasteiger partial charge in [0.1, 0.15) is 5.52 Å². The molecule has 0 bridgehead atoms. The van der Waals surface area contributed by atoms with Gasteiger partial charge in [-0.15, -0.1) is 0 Å². The first kappa shape index (κ1) is 17.4. The highest BCUT2D eigenvalue weighted by Gasteiger charge is 2.29. The molecular formula is C19H17ClN4O3. The molecule has 2 aromatic carbocycles. The fraction of sp³-hybridized carbons (Fsp3) is 0.211. The number of carbonyl (C=O) groups excluding carboxylic acids is 1. The predicted molar refractivity (Wildman–Crippen MR) is 105 cm³/mol. The minimum absolute atomic E-state index is 0.0510. The summed E-state index contributed by atoms with van der Waals surface area (Å²) in [5, 5.41) is 15.4. The second-order valence-electron chi connectivity index (χ2n) is 6.47. The zero-order valence-electron chi connectivity index (χ0n) is 14.6. The molecule has 1 saturated heterocycles. The topological polar surface area (TPSA) is 80.4 Å². The summed E-state index contributed by atoms with van der Waals surface area (Å²) in [5.74, 6) is -0.0752. The van der Waals surface area contributed by atoms with Crippen LogP contribution >= 0.6 is 11.6 Å². The Labute approximate surface area is 160 Å². The van der Waals surface area contributed by atoms with Gasteiger partial charge in [0.2, 0.25) is 5.91 Å². The van der Waals surface area contributed by atoms with Gasteiger partial charge >= 0.3 is 0 Å². The fourth-order valence-corrected chi connectivity index (χ4v) is 3.94. The lowest BCUT2D eigenvalue weighted by atomic mass is 10.1. The Kier molecular flexibility index (Phi) is 4.24. The van der Waals surface area contributed by atoms with E-state index in [1.807, 2.05) is 39.8 Å². The third-order valence-corrected chi connectivity index (χ3v) is 5.02. The number of carbonyl (C=O) groups is 1. The van der Waals surface area contributed by atoms with Crippen molar-refractivity contribution in [3.63, 3.8) is 0 Å². The van der Waals surface area contributed by atoms with Crippen LogP contribution in [-0.4, -0.2) is 35.0 Å². The van der Waals surface area contributed by atoms with E-state index < -0.39 is 4.92 Å². The quantitative estimate of drug-likeness (QED) is 0.554. The van der Waals surface area contributed by atoms with Crippen LogP contribution in [0, 0.1) is 10.1 Å². The summed E-state index contributed by atoms with van der Waals surface area (Å²) in [7, 11) is 1.80. The number of fused-ring (bicyclic) bond motifs is 1. The first-order valence-electron chi connectivity index (χ1n) is 8.50. The van der Waals surface area contributed by atoms with Crippen molar-refractivity contribution in [2.24, 2.45) is 7.05 Å². The number of hydrogen-bond acceptors (Lipinski definition) is 4. The smallest absolute Gasteiger partial charge is 0.295 e. The number of amides is 1. The van der Waals surface area contributed by atoms with Crippen LogP contribution in [-0.2, 0) is 11.8 Å². The van der Waals surface area contributed by atoms with Gasteiger partial charge in [0.25, 0.3) is 5.69 Å². The van der Waals surface area contributed by atoms with Crippen LogP contribution in [0.3, 0.4) is 0 Å². The molecule has 1 amide bonds. The number of nitro groups is 1. The molecule has 0 saturated carbocycles. The Bertz CT molecular complexity index is 1060. The minimum atomic E-state index is -0.421. The number of nitrogens with zero attached hydrogens (tertiary/aromatic N) is 3. The van der Waals surface area contributed by atoms with Crippen molar-refractivity contribution >= 4 is 39.8 Å². The van der Waals surface area contributed by atoms with Gasteiger partial charge in [-0.25, -0.2) is 0 Å². The predicted octanol–water partition coefficient (Wildman–Crippen LogP) is 3.34. The second kappa shape index (κ2) is 6.59. The average molecular weight is 385 g/mol. The zero-order valence-corrected chi connectivity index (χ0v) is 15.4. The Hall–Kier alpha value is -3.06. The molecule has 7 nitrogen and oxygen atoms in total. The second-order valence-corrected chi connectivity index (χ2v) is 6.91. The highest BCUT2D eigenvalue weighted by Crippen LogP contribution is 2.44. The number of rotatable bonds is 3. The van der Waals surface area contributed by atoms with E-state index >= 15 is 0 Å². The van der Waals surface area contributed by atoms with Crippen LogP contribution in [0.25, 0.3) is 22.2 Å². The van der Waals surface area contributed by atoms with Crippen molar-refractivity contribution in [2.45, 2.75) is 0 Å². The number of aromatic nitrogens is 1. The van der Waals surface area contributed by atoms with Crippen molar-refractivity contribution in [1.29, 1.82) is 0 Å². The van der Waals surface area contributed by atoms with Gasteiger partial charge in [-0.3, -0.25) is 14.9 Å². The molecule has 1 fully saturated rings. The molecule has 1 aliphatic heterocycles. The molecule has 0 unspecified atom stereocenters.